The zero-order valence-electron chi connectivity index (χ0n) is 20.6. The quantitative estimate of drug-likeness (QED) is 0.200. The van der Waals surface area contributed by atoms with E-state index in [1.54, 1.807) is 16.8 Å². The maximum atomic E-state index is 12.9. The highest BCUT2D eigenvalue weighted by atomic mass is 16.5. The first-order valence-electron chi connectivity index (χ1n) is 12.0. The fourth-order valence-electron chi connectivity index (χ4n) is 4.14. The molecule has 0 fully saturated rings. The topological polar surface area (TPSA) is 74.1 Å². The highest BCUT2D eigenvalue weighted by Crippen LogP contribution is 2.24. The summed E-state index contributed by atoms with van der Waals surface area (Å²) in [7, 11) is 0. The standard InChI is InChI=1S/C31H25N3O3/c1-21-13-18-27(22(2)19-21)34-30(26-11-7-4-8-12-26)32-29(33-34)31(36)37-20-28(35)25-16-14-24(15-17-25)23-9-5-3-6-10-23/h3-19H,20H2,1-2H3. The molecule has 0 N–H and O–H groups in total. The number of rotatable bonds is 7. The average Bonchev–Trinajstić information content (AvgIpc) is 3.38. The molecule has 6 heteroatoms. The average molecular weight is 488 g/mol. The molecule has 1 heterocycles. The highest BCUT2D eigenvalue weighted by molar-refractivity contribution is 5.99. The number of benzene rings is 4. The highest BCUT2D eigenvalue weighted by Gasteiger charge is 2.22. The van der Waals surface area contributed by atoms with Crippen LogP contribution in [0, 0.1) is 13.8 Å². The maximum Gasteiger partial charge on any atom is 0.378 e. The number of carbonyl (C=O) groups excluding carboxylic acids is 2. The number of ketones is 1. The molecule has 5 aromatic rings. The van der Waals surface area contributed by atoms with Gasteiger partial charge < -0.3 is 4.74 Å². The van der Waals surface area contributed by atoms with Crippen molar-refractivity contribution < 1.29 is 14.3 Å². The van der Waals surface area contributed by atoms with Crippen LogP contribution in [0.15, 0.2) is 103 Å². The molecular formula is C31H25N3O3. The lowest BCUT2D eigenvalue weighted by atomic mass is 10.0. The Balaban J connectivity index is 1.35. The first-order chi connectivity index (χ1) is 18.0. The van der Waals surface area contributed by atoms with Crippen molar-refractivity contribution >= 4 is 11.8 Å². The maximum absolute atomic E-state index is 12.9. The lowest BCUT2D eigenvalue weighted by Crippen LogP contribution is -2.15. The first kappa shape index (κ1) is 23.9. The molecule has 37 heavy (non-hydrogen) atoms. The molecule has 6 nitrogen and oxygen atoms in total. The lowest BCUT2D eigenvalue weighted by molar-refractivity contribution is 0.0462. The van der Waals surface area contributed by atoms with Gasteiger partial charge in [-0.25, -0.2) is 14.5 Å². The Bertz CT molecular complexity index is 1560. The number of aromatic nitrogens is 3. The van der Waals surface area contributed by atoms with Crippen LogP contribution in [0.2, 0.25) is 0 Å². The second-order valence-electron chi connectivity index (χ2n) is 8.77. The number of hydrogen-bond donors (Lipinski definition) is 0. The summed E-state index contributed by atoms with van der Waals surface area (Å²) in [5.74, 6) is -0.645. The predicted molar refractivity (Wildman–Crippen MR) is 143 cm³/mol. The smallest absolute Gasteiger partial charge is 0.378 e. The Kier molecular flexibility index (Phi) is 6.72. The molecule has 0 bridgehead atoms. The monoisotopic (exact) mass is 487 g/mol. The van der Waals surface area contributed by atoms with Gasteiger partial charge in [-0.15, -0.1) is 5.10 Å². The van der Waals surface area contributed by atoms with Crippen LogP contribution in [0.1, 0.15) is 32.1 Å². The Morgan fingerprint density at radius 1 is 0.757 bits per heavy atom. The minimum atomic E-state index is -0.755. The van der Waals surface area contributed by atoms with Gasteiger partial charge in [0.15, 0.2) is 18.2 Å². The van der Waals surface area contributed by atoms with Crippen LogP contribution >= 0.6 is 0 Å². The molecule has 0 amide bonds. The van der Waals surface area contributed by atoms with Crippen molar-refractivity contribution in [1.82, 2.24) is 14.8 Å². The van der Waals surface area contributed by atoms with Crippen LogP contribution < -0.4 is 0 Å². The van der Waals surface area contributed by atoms with Gasteiger partial charge in [0.1, 0.15) is 0 Å². The van der Waals surface area contributed by atoms with E-state index in [1.807, 2.05) is 105 Å². The molecule has 1 aromatic heterocycles. The van der Waals surface area contributed by atoms with Gasteiger partial charge in [0.05, 0.1) is 5.69 Å². The van der Waals surface area contributed by atoms with Gasteiger partial charge in [-0.1, -0.05) is 103 Å². The number of ether oxygens (including phenoxy) is 1. The SMILES string of the molecule is Cc1ccc(-n2nc(C(=O)OCC(=O)c3ccc(-c4ccccc4)cc3)nc2-c2ccccc2)c(C)c1. The number of carbonyl (C=O) groups is 2. The molecule has 0 aliphatic heterocycles. The third-order valence-corrected chi connectivity index (χ3v) is 6.05. The van der Waals surface area contributed by atoms with E-state index in [-0.39, 0.29) is 11.6 Å². The summed E-state index contributed by atoms with van der Waals surface area (Å²) >= 11 is 0. The fourth-order valence-corrected chi connectivity index (χ4v) is 4.14. The minimum absolute atomic E-state index is 0.106. The molecule has 0 saturated heterocycles. The molecule has 0 aliphatic rings. The molecule has 0 aliphatic carbocycles. The Hall–Kier alpha value is -4.84. The van der Waals surface area contributed by atoms with Gasteiger partial charge in [0.2, 0.25) is 0 Å². The molecule has 0 atom stereocenters. The van der Waals surface area contributed by atoms with Crippen LogP contribution in [-0.4, -0.2) is 33.1 Å². The van der Waals surface area contributed by atoms with Gasteiger partial charge in [0, 0.05) is 11.1 Å². The summed E-state index contributed by atoms with van der Waals surface area (Å²) in [4.78, 5) is 30.1. The summed E-state index contributed by atoms with van der Waals surface area (Å²) in [6.45, 7) is 3.60. The van der Waals surface area contributed by atoms with Crippen molar-refractivity contribution in [2.45, 2.75) is 13.8 Å². The summed E-state index contributed by atoms with van der Waals surface area (Å²) in [6, 6.07) is 32.6. The second-order valence-corrected chi connectivity index (χ2v) is 8.77. The number of nitrogens with zero attached hydrogens (tertiary/aromatic N) is 3. The van der Waals surface area contributed by atoms with E-state index in [0.717, 1.165) is 33.5 Å². The third-order valence-electron chi connectivity index (χ3n) is 6.05. The molecule has 0 radical (unpaired) electrons. The second kappa shape index (κ2) is 10.4. The van der Waals surface area contributed by atoms with Crippen molar-refractivity contribution in [2.24, 2.45) is 0 Å². The number of Topliss-reactive ketones (excluding diaryl/α,β-unsaturated/α-hetero) is 1. The first-order valence-corrected chi connectivity index (χ1v) is 12.0. The third kappa shape index (κ3) is 5.23. The van der Waals surface area contributed by atoms with E-state index < -0.39 is 12.6 Å². The van der Waals surface area contributed by atoms with E-state index in [9.17, 15) is 9.59 Å². The van der Waals surface area contributed by atoms with E-state index in [1.165, 1.54) is 0 Å². The van der Waals surface area contributed by atoms with Crippen LogP contribution in [-0.2, 0) is 4.74 Å². The van der Waals surface area contributed by atoms with Gasteiger partial charge in [-0.3, -0.25) is 4.79 Å². The predicted octanol–water partition coefficient (Wildman–Crippen LogP) is 6.26. The minimum Gasteiger partial charge on any atom is -0.451 e. The number of aryl methyl sites for hydroxylation is 2. The summed E-state index contributed by atoms with van der Waals surface area (Å²) < 4.78 is 6.97. The van der Waals surface area contributed by atoms with Crippen LogP contribution in [0.5, 0.6) is 0 Å². The normalized spacial score (nSPS) is 10.8. The largest absolute Gasteiger partial charge is 0.451 e. The van der Waals surface area contributed by atoms with E-state index in [2.05, 4.69) is 10.1 Å². The summed E-state index contributed by atoms with van der Waals surface area (Å²) in [6.07, 6.45) is 0. The van der Waals surface area contributed by atoms with E-state index in [4.69, 9.17) is 4.74 Å². The summed E-state index contributed by atoms with van der Waals surface area (Å²) in [5, 5.41) is 4.46. The van der Waals surface area contributed by atoms with Crippen molar-refractivity contribution in [3.8, 4) is 28.2 Å². The molecule has 5 rings (SSSR count). The van der Waals surface area contributed by atoms with Gasteiger partial charge in [0.25, 0.3) is 5.82 Å². The van der Waals surface area contributed by atoms with Crippen LogP contribution in [0.25, 0.3) is 28.2 Å². The number of esters is 1. The van der Waals surface area contributed by atoms with Gasteiger partial charge in [-0.2, -0.15) is 0 Å². The van der Waals surface area contributed by atoms with Crippen molar-refractivity contribution in [3.05, 3.63) is 126 Å². The lowest BCUT2D eigenvalue weighted by Gasteiger charge is -2.09. The van der Waals surface area contributed by atoms with Crippen LogP contribution in [0.4, 0.5) is 0 Å². The molecule has 182 valence electrons. The zero-order chi connectivity index (χ0) is 25.8. The molecule has 0 saturated carbocycles. The zero-order valence-corrected chi connectivity index (χ0v) is 20.6. The Morgan fingerprint density at radius 3 is 2.03 bits per heavy atom. The number of hydrogen-bond acceptors (Lipinski definition) is 5. The van der Waals surface area contributed by atoms with Crippen molar-refractivity contribution in [1.29, 1.82) is 0 Å². The molecule has 0 unspecified atom stereocenters. The Labute approximate surface area is 215 Å². The van der Waals surface area contributed by atoms with E-state index >= 15 is 0 Å². The van der Waals surface area contributed by atoms with Crippen LogP contribution in [0.3, 0.4) is 0 Å². The summed E-state index contributed by atoms with van der Waals surface area (Å²) in [5.41, 5.74) is 6.27. The van der Waals surface area contributed by atoms with Crippen molar-refractivity contribution in [2.75, 3.05) is 6.61 Å². The molecule has 0 spiro atoms. The fraction of sp³-hybridized carbons (Fsp3) is 0.0968. The molecular weight excluding hydrogens is 462 g/mol. The Morgan fingerprint density at radius 2 is 1.38 bits per heavy atom. The van der Waals surface area contributed by atoms with Gasteiger partial charge in [-0.05, 0) is 36.6 Å². The van der Waals surface area contributed by atoms with E-state index in [0.29, 0.717) is 11.4 Å². The van der Waals surface area contributed by atoms with Crippen molar-refractivity contribution in [3.63, 3.8) is 0 Å². The molecule has 4 aromatic carbocycles. The van der Waals surface area contributed by atoms with Gasteiger partial charge >= 0.3 is 5.97 Å².